The lowest BCUT2D eigenvalue weighted by Gasteiger charge is -2.22. The number of halogens is 1. The van der Waals surface area contributed by atoms with Crippen LogP contribution in [0.1, 0.15) is 24.4 Å². The third-order valence-electron chi connectivity index (χ3n) is 3.16. The van der Waals surface area contributed by atoms with Gasteiger partial charge in [0.25, 0.3) is 0 Å². The number of thioether (sulfide) groups is 1. The zero-order valence-corrected chi connectivity index (χ0v) is 12.3. The van der Waals surface area contributed by atoms with E-state index >= 15 is 0 Å². The predicted molar refractivity (Wildman–Crippen MR) is 75.7 cm³/mol. The normalized spacial score (nSPS) is 16.4. The van der Waals surface area contributed by atoms with Gasteiger partial charge >= 0.3 is 0 Å². The number of tetrazole rings is 1. The summed E-state index contributed by atoms with van der Waals surface area (Å²) in [6, 6.07) is 4.09. The van der Waals surface area contributed by atoms with E-state index in [1.54, 1.807) is 24.0 Å². The van der Waals surface area contributed by atoms with E-state index in [1.807, 2.05) is 10.7 Å². The van der Waals surface area contributed by atoms with Gasteiger partial charge < -0.3 is 4.74 Å². The van der Waals surface area contributed by atoms with E-state index in [9.17, 15) is 0 Å². The Kier molecular flexibility index (Phi) is 4.49. The lowest BCUT2D eigenvalue weighted by molar-refractivity contribution is 0.0631. The Hall–Kier alpha value is -1.18. The summed E-state index contributed by atoms with van der Waals surface area (Å²) < 4.78 is 7.28. The molecule has 2 aromatic heterocycles. The maximum Gasteiger partial charge on any atom is 0.209 e. The van der Waals surface area contributed by atoms with Gasteiger partial charge in [0.05, 0.1) is 6.04 Å². The molecular formula is C12H14ClN5OS. The van der Waals surface area contributed by atoms with Crippen molar-refractivity contribution in [3.8, 4) is 0 Å². The Morgan fingerprint density at radius 1 is 1.35 bits per heavy atom. The fourth-order valence-electron chi connectivity index (χ4n) is 2.08. The fourth-order valence-corrected chi connectivity index (χ4v) is 3.07. The zero-order valence-electron chi connectivity index (χ0n) is 10.8. The molecule has 0 atom stereocenters. The summed E-state index contributed by atoms with van der Waals surface area (Å²) in [6.07, 6.45) is 3.69. The Bertz CT molecular complexity index is 555. The van der Waals surface area contributed by atoms with Crippen LogP contribution in [0.5, 0.6) is 0 Å². The van der Waals surface area contributed by atoms with Crippen LogP contribution < -0.4 is 0 Å². The third-order valence-corrected chi connectivity index (χ3v) is 4.38. The zero-order chi connectivity index (χ0) is 13.8. The summed E-state index contributed by atoms with van der Waals surface area (Å²) in [5.74, 6) is 0.772. The second kappa shape index (κ2) is 6.51. The van der Waals surface area contributed by atoms with Crippen LogP contribution in [0.2, 0.25) is 5.15 Å². The molecule has 3 rings (SSSR count). The van der Waals surface area contributed by atoms with Gasteiger partial charge in [-0.05, 0) is 34.9 Å². The Morgan fingerprint density at radius 2 is 2.20 bits per heavy atom. The first-order chi connectivity index (χ1) is 9.83. The maximum absolute atomic E-state index is 5.77. The van der Waals surface area contributed by atoms with Crippen molar-refractivity contribution in [2.75, 3.05) is 13.2 Å². The number of hydrogen-bond acceptors (Lipinski definition) is 6. The highest BCUT2D eigenvalue weighted by atomic mass is 35.5. The number of hydrogen-bond donors (Lipinski definition) is 0. The van der Waals surface area contributed by atoms with Crippen LogP contribution in [-0.2, 0) is 10.5 Å². The van der Waals surface area contributed by atoms with Crippen molar-refractivity contribution in [2.24, 2.45) is 0 Å². The van der Waals surface area contributed by atoms with Crippen LogP contribution in [0, 0.1) is 0 Å². The maximum atomic E-state index is 5.77. The lowest BCUT2D eigenvalue weighted by Crippen LogP contribution is -2.21. The van der Waals surface area contributed by atoms with Crippen molar-refractivity contribution in [1.29, 1.82) is 0 Å². The molecule has 6 nitrogen and oxygen atoms in total. The second-order valence-corrected chi connectivity index (χ2v) is 5.86. The summed E-state index contributed by atoms with van der Waals surface area (Å²) in [5.41, 5.74) is 1.10. The highest BCUT2D eigenvalue weighted by Gasteiger charge is 2.20. The fraction of sp³-hybridized carbons (Fsp3) is 0.500. The number of nitrogens with zero attached hydrogens (tertiary/aromatic N) is 5. The summed E-state index contributed by atoms with van der Waals surface area (Å²) in [5, 5.41) is 13.3. The number of pyridine rings is 1. The predicted octanol–water partition coefficient (Wildman–Crippen LogP) is 2.37. The monoisotopic (exact) mass is 311 g/mol. The minimum atomic E-state index is 0.338. The molecule has 1 aliphatic heterocycles. The molecule has 1 fully saturated rings. The molecule has 0 aliphatic carbocycles. The molecule has 8 heteroatoms. The van der Waals surface area contributed by atoms with Crippen molar-refractivity contribution in [2.45, 2.75) is 29.8 Å². The van der Waals surface area contributed by atoms with Crippen molar-refractivity contribution in [3.63, 3.8) is 0 Å². The Balaban J connectivity index is 1.65. The molecule has 2 aromatic rings. The largest absolute Gasteiger partial charge is 0.381 e. The average molecular weight is 312 g/mol. The van der Waals surface area contributed by atoms with Crippen LogP contribution in [0.3, 0.4) is 0 Å². The molecule has 0 unspecified atom stereocenters. The van der Waals surface area contributed by atoms with Gasteiger partial charge in [-0.2, -0.15) is 0 Å². The van der Waals surface area contributed by atoms with Gasteiger partial charge in [0.2, 0.25) is 5.16 Å². The number of aromatic nitrogens is 5. The smallest absolute Gasteiger partial charge is 0.209 e. The van der Waals surface area contributed by atoms with Gasteiger partial charge in [-0.15, -0.1) is 5.10 Å². The van der Waals surface area contributed by atoms with E-state index in [-0.39, 0.29) is 0 Å². The summed E-state index contributed by atoms with van der Waals surface area (Å²) in [6.45, 7) is 1.55. The first-order valence-corrected chi connectivity index (χ1v) is 7.78. The van der Waals surface area contributed by atoms with E-state index in [0.29, 0.717) is 11.2 Å². The van der Waals surface area contributed by atoms with Gasteiger partial charge in [-0.3, -0.25) is 0 Å². The minimum Gasteiger partial charge on any atom is -0.381 e. The summed E-state index contributed by atoms with van der Waals surface area (Å²) in [4.78, 5) is 4.07. The van der Waals surface area contributed by atoms with E-state index in [0.717, 1.165) is 42.5 Å². The van der Waals surface area contributed by atoms with Crippen molar-refractivity contribution >= 4 is 23.4 Å². The molecular weight excluding hydrogens is 298 g/mol. The molecule has 1 aliphatic rings. The third kappa shape index (κ3) is 3.28. The molecule has 3 heterocycles. The van der Waals surface area contributed by atoms with Crippen LogP contribution in [0.15, 0.2) is 23.5 Å². The van der Waals surface area contributed by atoms with Crippen molar-refractivity contribution in [3.05, 3.63) is 29.0 Å². The molecule has 0 bridgehead atoms. The van der Waals surface area contributed by atoms with E-state index in [2.05, 4.69) is 20.5 Å². The first-order valence-electron chi connectivity index (χ1n) is 6.42. The minimum absolute atomic E-state index is 0.338. The van der Waals surface area contributed by atoms with Gasteiger partial charge in [-0.25, -0.2) is 9.67 Å². The van der Waals surface area contributed by atoms with Gasteiger partial charge in [0, 0.05) is 25.2 Å². The van der Waals surface area contributed by atoms with Gasteiger partial charge in [-0.1, -0.05) is 29.4 Å². The topological polar surface area (TPSA) is 65.7 Å². The van der Waals surface area contributed by atoms with Crippen LogP contribution in [-0.4, -0.2) is 38.4 Å². The average Bonchev–Trinajstić information content (AvgIpc) is 2.96. The highest BCUT2D eigenvalue weighted by molar-refractivity contribution is 7.98. The molecule has 0 spiro atoms. The first kappa shape index (κ1) is 13.8. The highest BCUT2D eigenvalue weighted by Crippen LogP contribution is 2.26. The quantitative estimate of drug-likeness (QED) is 0.638. The van der Waals surface area contributed by atoms with Gasteiger partial charge in [0.15, 0.2) is 0 Å². The van der Waals surface area contributed by atoms with Crippen LogP contribution >= 0.6 is 23.4 Å². The summed E-state index contributed by atoms with van der Waals surface area (Å²) >= 11 is 7.38. The van der Waals surface area contributed by atoms with E-state index in [1.165, 1.54) is 0 Å². The van der Waals surface area contributed by atoms with Crippen LogP contribution in [0.4, 0.5) is 0 Å². The SMILES string of the molecule is Clc1ccc(CSc2nnnn2C2CCOCC2)cn1. The van der Waals surface area contributed by atoms with Crippen LogP contribution in [0.25, 0.3) is 0 Å². The molecule has 0 amide bonds. The molecule has 0 radical (unpaired) electrons. The molecule has 0 saturated carbocycles. The standard InChI is InChI=1S/C12H14ClN5OS/c13-11-2-1-9(7-14-11)8-20-12-15-16-17-18(12)10-3-5-19-6-4-10/h1-2,7,10H,3-6,8H2. The molecule has 1 saturated heterocycles. The Labute approximate surface area is 125 Å². The van der Waals surface area contributed by atoms with Crippen molar-refractivity contribution < 1.29 is 4.74 Å². The molecule has 0 aromatic carbocycles. The lowest BCUT2D eigenvalue weighted by atomic mass is 10.1. The summed E-state index contributed by atoms with van der Waals surface area (Å²) in [7, 11) is 0. The van der Waals surface area contributed by atoms with Gasteiger partial charge in [0.1, 0.15) is 5.15 Å². The molecule has 20 heavy (non-hydrogen) atoms. The number of rotatable bonds is 4. The second-order valence-electron chi connectivity index (χ2n) is 4.53. The van der Waals surface area contributed by atoms with Crippen molar-refractivity contribution in [1.82, 2.24) is 25.2 Å². The Morgan fingerprint density at radius 3 is 2.95 bits per heavy atom. The molecule has 106 valence electrons. The van der Waals surface area contributed by atoms with E-state index in [4.69, 9.17) is 16.3 Å². The van der Waals surface area contributed by atoms with E-state index < -0.39 is 0 Å². The number of ether oxygens (including phenoxy) is 1. The molecule has 0 N–H and O–H groups in total.